The van der Waals surface area contributed by atoms with Gasteiger partial charge in [-0.25, -0.2) is 0 Å². The second-order valence-electron chi connectivity index (χ2n) is 2.87. The van der Waals surface area contributed by atoms with Crippen LogP contribution in [0.15, 0.2) is 35.1 Å². The van der Waals surface area contributed by atoms with Gasteiger partial charge in [0.05, 0.1) is 5.02 Å². The molecule has 0 aliphatic carbocycles. The minimum absolute atomic E-state index is 0.694. The predicted octanol–water partition coefficient (Wildman–Crippen LogP) is 3.30. The maximum absolute atomic E-state index is 6.01. The van der Waals surface area contributed by atoms with Crippen LogP contribution < -0.4 is 0 Å². The van der Waals surface area contributed by atoms with E-state index in [2.05, 4.69) is 5.16 Å². The van der Waals surface area contributed by atoms with Crippen LogP contribution in [0.1, 0.15) is 5.56 Å². The maximum Gasteiger partial charge on any atom is 0.124 e. The fourth-order valence-corrected chi connectivity index (χ4v) is 1.40. The van der Waals surface area contributed by atoms with Gasteiger partial charge < -0.3 is 4.52 Å². The van der Waals surface area contributed by atoms with Crippen molar-refractivity contribution in [2.24, 2.45) is 0 Å². The van der Waals surface area contributed by atoms with Crippen LogP contribution in [0, 0.1) is 6.92 Å². The molecule has 0 fully saturated rings. The molecule has 0 amide bonds. The summed E-state index contributed by atoms with van der Waals surface area (Å²) in [5.74, 6) is 0. The Hall–Kier alpha value is -1.28. The van der Waals surface area contributed by atoms with Crippen molar-refractivity contribution in [3.8, 4) is 11.3 Å². The summed E-state index contributed by atoms with van der Waals surface area (Å²) < 4.78 is 4.76. The van der Waals surface area contributed by atoms with Crippen molar-refractivity contribution >= 4 is 11.6 Å². The highest BCUT2D eigenvalue weighted by Crippen LogP contribution is 2.27. The summed E-state index contributed by atoms with van der Waals surface area (Å²) in [6.07, 6.45) is 1.54. The molecule has 0 N–H and O–H groups in total. The van der Waals surface area contributed by atoms with Crippen molar-refractivity contribution in [1.82, 2.24) is 5.16 Å². The van der Waals surface area contributed by atoms with E-state index in [1.807, 2.05) is 25.1 Å². The molecular formula is C10H8ClNO. The van der Waals surface area contributed by atoms with E-state index in [1.54, 1.807) is 6.07 Å². The summed E-state index contributed by atoms with van der Waals surface area (Å²) in [7, 11) is 0. The molecule has 13 heavy (non-hydrogen) atoms. The summed E-state index contributed by atoms with van der Waals surface area (Å²) in [6.45, 7) is 2.01. The predicted molar refractivity (Wildman–Crippen MR) is 51.7 cm³/mol. The first-order chi connectivity index (χ1) is 6.27. The Labute approximate surface area is 81.1 Å². The molecule has 2 rings (SSSR count). The van der Waals surface area contributed by atoms with Gasteiger partial charge in [-0.3, -0.25) is 0 Å². The first kappa shape index (κ1) is 8.32. The lowest BCUT2D eigenvalue weighted by molar-refractivity contribution is 0.422. The molecule has 0 bridgehead atoms. The molecule has 0 saturated carbocycles. The van der Waals surface area contributed by atoms with Crippen molar-refractivity contribution in [2.75, 3.05) is 0 Å². The number of hydrogen-bond acceptors (Lipinski definition) is 2. The third kappa shape index (κ3) is 1.58. The zero-order valence-electron chi connectivity index (χ0n) is 7.12. The molecule has 0 spiro atoms. The molecular weight excluding hydrogens is 186 g/mol. The summed E-state index contributed by atoms with van der Waals surface area (Å²) in [5.41, 5.74) is 2.84. The van der Waals surface area contributed by atoms with Gasteiger partial charge >= 0.3 is 0 Å². The van der Waals surface area contributed by atoms with E-state index in [1.165, 1.54) is 6.26 Å². The number of aromatic nitrogens is 1. The van der Waals surface area contributed by atoms with Gasteiger partial charge in [-0.15, -0.1) is 0 Å². The topological polar surface area (TPSA) is 26.0 Å². The fourth-order valence-electron chi connectivity index (χ4n) is 1.19. The minimum atomic E-state index is 0.694. The average molecular weight is 194 g/mol. The van der Waals surface area contributed by atoms with Crippen molar-refractivity contribution in [1.29, 1.82) is 0 Å². The molecule has 0 aliphatic heterocycles. The minimum Gasteiger partial charge on any atom is -0.364 e. The van der Waals surface area contributed by atoms with Crippen LogP contribution >= 0.6 is 11.6 Å². The number of rotatable bonds is 1. The molecule has 0 unspecified atom stereocenters. The fraction of sp³-hybridized carbons (Fsp3) is 0.100. The molecule has 66 valence electrons. The van der Waals surface area contributed by atoms with Gasteiger partial charge in [0.25, 0.3) is 0 Å². The number of benzene rings is 1. The van der Waals surface area contributed by atoms with Gasteiger partial charge in [0.2, 0.25) is 0 Å². The van der Waals surface area contributed by atoms with Crippen LogP contribution in [0.2, 0.25) is 5.02 Å². The average Bonchev–Trinajstić information content (AvgIpc) is 2.61. The molecule has 2 nitrogen and oxygen atoms in total. The van der Waals surface area contributed by atoms with E-state index in [0.717, 1.165) is 16.8 Å². The molecule has 2 aromatic rings. The van der Waals surface area contributed by atoms with E-state index < -0.39 is 0 Å². The lowest BCUT2D eigenvalue weighted by Gasteiger charge is -2.00. The Morgan fingerprint density at radius 3 is 2.85 bits per heavy atom. The van der Waals surface area contributed by atoms with E-state index in [-0.39, 0.29) is 0 Å². The standard InChI is InChI=1S/C10H8ClNO/c1-7-2-3-9(11)8(6-7)10-4-5-13-12-10/h2-6H,1H3. The lowest BCUT2D eigenvalue weighted by atomic mass is 10.1. The largest absolute Gasteiger partial charge is 0.364 e. The molecule has 0 atom stereocenters. The molecule has 0 aliphatic rings. The Balaban J connectivity index is 2.57. The Bertz CT molecular complexity index is 409. The second kappa shape index (κ2) is 3.23. The first-order valence-electron chi connectivity index (χ1n) is 3.94. The zero-order valence-corrected chi connectivity index (χ0v) is 7.88. The Morgan fingerprint density at radius 1 is 1.31 bits per heavy atom. The molecule has 1 aromatic carbocycles. The Morgan fingerprint density at radius 2 is 2.15 bits per heavy atom. The van der Waals surface area contributed by atoms with Crippen LogP contribution in [0.4, 0.5) is 0 Å². The van der Waals surface area contributed by atoms with Gasteiger partial charge in [0, 0.05) is 11.6 Å². The zero-order chi connectivity index (χ0) is 9.26. The van der Waals surface area contributed by atoms with Gasteiger partial charge in [-0.2, -0.15) is 0 Å². The van der Waals surface area contributed by atoms with Gasteiger partial charge in [-0.05, 0) is 19.1 Å². The quantitative estimate of drug-likeness (QED) is 0.695. The highest BCUT2D eigenvalue weighted by Gasteiger charge is 2.05. The Kier molecular flexibility index (Phi) is 2.07. The molecule has 1 heterocycles. The van der Waals surface area contributed by atoms with Gasteiger partial charge in [-0.1, -0.05) is 28.4 Å². The van der Waals surface area contributed by atoms with Crippen molar-refractivity contribution in [3.63, 3.8) is 0 Å². The lowest BCUT2D eigenvalue weighted by Crippen LogP contribution is -1.80. The third-order valence-corrected chi connectivity index (χ3v) is 2.17. The summed E-state index contributed by atoms with van der Waals surface area (Å²) in [4.78, 5) is 0. The van der Waals surface area contributed by atoms with Gasteiger partial charge in [0.15, 0.2) is 0 Å². The van der Waals surface area contributed by atoms with Crippen LogP contribution in [-0.4, -0.2) is 5.16 Å². The molecule has 3 heteroatoms. The maximum atomic E-state index is 6.01. The second-order valence-corrected chi connectivity index (χ2v) is 3.28. The van der Waals surface area contributed by atoms with Crippen LogP contribution in [0.3, 0.4) is 0 Å². The van der Waals surface area contributed by atoms with Crippen molar-refractivity contribution in [2.45, 2.75) is 6.92 Å². The molecule has 1 aromatic heterocycles. The monoisotopic (exact) mass is 193 g/mol. The highest BCUT2D eigenvalue weighted by atomic mass is 35.5. The number of hydrogen-bond donors (Lipinski definition) is 0. The number of nitrogens with zero attached hydrogens (tertiary/aromatic N) is 1. The van der Waals surface area contributed by atoms with E-state index in [9.17, 15) is 0 Å². The van der Waals surface area contributed by atoms with Crippen molar-refractivity contribution < 1.29 is 4.52 Å². The van der Waals surface area contributed by atoms with Gasteiger partial charge in [0.1, 0.15) is 12.0 Å². The van der Waals surface area contributed by atoms with E-state index >= 15 is 0 Å². The summed E-state index contributed by atoms with van der Waals surface area (Å²) in [5, 5.41) is 4.52. The third-order valence-electron chi connectivity index (χ3n) is 1.84. The molecule has 0 saturated heterocycles. The first-order valence-corrected chi connectivity index (χ1v) is 4.32. The van der Waals surface area contributed by atoms with Crippen LogP contribution in [-0.2, 0) is 0 Å². The summed E-state index contributed by atoms with van der Waals surface area (Å²) >= 11 is 6.01. The molecule has 0 radical (unpaired) electrons. The van der Waals surface area contributed by atoms with Crippen molar-refractivity contribution in [3.05, 3.63) is 41.1 Å². The number of aryl methyl sites for hydroxylation is 1. The highest BCUT2D eigenvalue weighted by molar-refractivity contribution is 6.33. The summed E-state index contributed by atoms with van der Waals surface area (Å²) in [6, 6.07) is 7.60. The van der Waals surface area contributed by atoms with Crippen LogP contribution in [0.25, 0.3) is 11.3 Å². The van der Waals surface area contributed by atoms with E-state index in [0.29, 0.717) is 5.02 Å². The normalized spacial score (nSPS) is 10.3. The van der Waals surface area contributed by atoms with Crippen LogP contribution in [0.5, 0.6) is 0 Å². The SMILES string of the molecule is Cc1ccc(Cl)c(-c2ccon2)c1. The van der Waals surface area contributed by atoms with E-state index in [4.69, 9.17) is 16.1 Å². The number of halogens is 1. The smallest absolute Gasteiger partial charge is 0.124 e.